The van der Waals surface area contributed by atoms with Crippen LogP contribution in [-0.2, 0) is 0 Å². The van der Waals surface area contributed by atoms with Crippen molar-refractivity contribution in [3.05, 3.63) is 17.5 Å². The van der Waals surface area contributed by atoms with Gasteiger partial charge in [-0.15, -0.1) is 13.2 Å². The largest absolute Gasteiger partial charge is 0.573 e. The van der Waals surface area contributed by atoms with Crippen LogP contribution in [0.1, 0.15) is 17.8 Å². The Balaban J connectivity index is 3.18. The van der Waals surface area contributed by atoms with E-state index in [9.17, 15) is 22.0 Å². The van der Waals surface area contributed by atoms with Crippen LogP contribution in [-0.4, -0.2) is 18.5 Å². The predicted octanol–water partition coefficient (Wildman–Crippen LogP) is 3.23. The Hall–Kier alpha value is -1.60. The van der Waals surface area contributed by atoms with Crippen molar-refractivity contribution in [1.82, 2.24) is 4.98 Å². The van der Waals surface area contributed by atoms with Gasteiger partial charge >= 0.3 is 6.36 Å². The van der Waals surface area contributed by atoms with Crippen molar-refractivity contribution in [2.75, 3.05) is 7.11 Å². The molecule has 0 saturated heterocycles. The second-order valence-corrected chi connectivity index (χ2v) is 3.01. The quantitative estimate of drug-likeness (QED) is 0.779. The van der Waals surface area contributed by atoms with Gasteiger partial charge in [0.2, 0.25) is 0 Å². The van der Waals surface area contributed by atoms with E-state index in [1.165, 1.54) is 0 Å². The third kappa shape index (κ3) is 3.43. The van der Waals surface area contributed by atoms with Crippen LogP contribution >= 0.6 is 0 Å². The van der Waals surface area contributed by atoms with Crippen LogP contribution < -0.4 is 9.47 Å². The van der Waals surface area contributed by atoms with Crippen molar-refractivity contribution in [3.63, 3.8) is 0 Å². The molecule has 0 atom stereocenters. The number of hydrogen-bond donors (Lipinski definition) is 0. The third-order valence-electron chi connectivity index (χ3n) is 1.81. The van der Waals surface area contributed by atoms with E-state index in [-0.39, 0.29) is 5.69 Å². The van der Waals surface area contributed by atoms with Crippen molar-refractivity contribution in [1.29, 1.82) is 0 Å². The molecule has 0 spiro atoms. The van der Waals surface area contributed by atoms with Crippen LogP contribution in [0.25, 0.3) is 0 Å². The number of alkyl halides is 5. The maximum absolute atomic E-state index is 12.5. The molecular weight excluding hydrogens is 249 g/mol. The van der Waals surface area contributed by atoms with Crippen molar-refractivity contribution >= 4 is 0 Å². The summed E-state index contributed by atoms with van der Waals surface area (Å²) in [5.74, 6) is -1.12. The highest BCUT2D eigenvalue weighted by Crippen LogP contribution is 2.34. The second kappa shape index (κ2) is 4.72. The fraction of sp³-hybridized carbons (Fsp3) is 0.444. The summed E-state index contributed by atoms with van der Waals surface area (Å²) in [6, 6.07) is 0.733. The van der Waals surface area contributed by atoms with Gasteiger partial charge in [-0.1, -0.05) is 0 Å². The monoisotopic (exact) mass is 257 g/mol. The molecule has 1 rings (SSSR count). The lowest BCUT2D eigenvalue weighted by atomic mass is 10.2. The topological polar surface area (TPSA) is 31.4 Å². The predicted molar refractivity (Wildman–Crippen MR) is 47.2 cm³/mol. The number of nitrogens with zero attached hydrogens (tertiary/aromatic N) is 1. The Kier molecular flexibility index (Phi) is 3.74. The number of pyridine rings is 1. The van der Waals surface area contributed by atoms with Gasteiger partial charge in [-0.25, -0.2) is 13.8 Å². The van der Waals surface area contributed by atoms with Gasteiger partial charge in [0.25, 0.3) is 6.43 Å². The van der Waals surface area contributed by atoms with Crippen LogP contribution in [0.3, 0.4) is 0 Å². The Morgan fingerprint density at radius 1 is 1.24 bits per heavy atom. The summed E-state index contributed by atoms with van der Waals surface area (Å²) in [5, 5.41) is 0. The minimum Gasteiger partial charge on any atom is -0.494 e. The zero-order valence-electron chi connectivity index (χ0n) is 8.81. The minimum absolute atomic E-state index is 0.293. The molecule has 96 valence electrons. The molecule has 0 amide bonds. The first kappa shape index (κ1) is 13.5. The van der Waals surface area contributed by atoms with E-state index >= 15 is 0 Å². The van der Waals surface area contributed by atoms with E-state index in [2.05, 4.69) is 14.5 Å². The number of halogens is 5. The molecule has 0 radical (unpaired) electrons. The molecule has 0 saturated carbocycles. The van der Waals surface area contributed by atoms with Crippen molar-refractivity contribution in [2.24, 2.45) is 0 Å². The average molecular weight is 257 g/mol. The highest BCUT2D eigenvalue weighted by Gasteiger charge is 2.33. The number of ether oxygens (including phenoxy) is 2. The molecule has 17 heavy (non-hydrogen) atoms. The Labute approximate surface area is 93.2 Å². The summed E-state index contributed by atoms with van der Waals surface area (Å²) in [5.41, 5.74) is -1.02. The van der Waals surface area contributed by atoms with Gasteiger partial charge in [0, 0.05) is 6.07 Å². The number of aryl methyl sites for hydroxylation is 1. The van der Waals surface area contributed by atoms with Crippen molar-refractivity contribution in [2.45, 2.75) is 19.7 Å². The Morgan fingerprint density at radius 2 is 1.82 bits per heavy atom. The van der Waals surface area contributed by atoms with Gasteiger partial charge in [0.15, 0.2) is 5.75 Å². The molecule has 3 nitrogen and oxygen atoms in total. The zero-order valence-corrected chi connectivity index (χ0v) is 8.81. The summed E-state index contributed by atoms with van der Waals surface area (Å²) >= 11 is 0. The first-order chi connectivity index (χ1) is 7.74. The molecule has 0 bridgehead atoms. The number of aromatic nitrogens is 1. The smallest absolute Gasteiger partial charge is 0.494 e. The van der Waals surface area contributed by atoms with Gasteiger partial charge in [-0.05, 0) is 6.92 Å². The summed E-state index contributed by atoms with van der Waals surface area (Å²) < 4.78 is 69.0. The number of rotatable bonds is 3. The highest BCUT2D eigenvalue weighted by atomic mass is 19.4. The third-order valence-corrected chi connectivity index (χ3v) is 1.81. The van der Waals surface area contributed by atoms with Crippen molar-refractivity contribution < 1.29 is 31.4 Å². The van der Waals surface area contributed by atoms with Crippen molar-refractivity contribution in [3.8, 4) is 11.5 Å². The van der Waals surface area contributed by atoms with E-state index in [4.69, 9.17) is 0 Å². The number of hydrogen-bond acceptors (Lipinski definition) is 3. The van der Waals surface area contributed by atoms with Gasteiger partial charge in [0.1, 0.15) is 11.4 Å². The Bertz CT molecular complexity index is 405. The van der Waals surface area contributed by atoms with Crippen LogP contribution in [0, 0.1) is 6.92 Å². The maximum atomic E-state index is 12.5. The van der Waals surface area contributed by atoms with Gasteiger partial charge in [-0.3, -0.25) is 0 Å². The molecule has 0 aliphatic carbocycles. The van der Waals surface area contributed by atoms with Crippen LogP contribution in [0.15, 0.2) is 6.07 Å². The van der Waals surface area contributed by atoms with Crippen LogP contribution in [0.4, 0.5) is 22.0 Å². The molecule has 0 aliphatic rings. The van der Waals surface area contributed by atoms with E-state index in [0.29, 0.717) is 0 Å². The van der Waals surface area contributed by atoms with Crippen LogP contribution in [0.2, 0.25) is 0 Å². The number of methoxy groups -OCH3 is 1. The molecule has 8 heteroatoms. The lowest BCUT2D eigenvalue weighted by Gasteiger charge is -2.14. The molecule has 1 heterocycles. The summed E-state index contributed by atoms with van der Waals surface area (Å²) in [6.45, 7) is 1.13. The molecule has 0 unspecified atom stereocenters. The van der Waals surface area contributed by atoms with Gasteiger partial charge in [-0.2, -0.15) is 0 Å². The van der Waals surface area contributed by atoms with Crippen LogP contribution in [0.5, 0.6) is 11.5 Å². The lowest BCUT2D eigenvalue weighted by Crippen LogP contribution is -2.18. The molecule has 0 aromatic carbocycles. The molecule has 1 aromatic rings. The standard InChI is InChI=1S/C9H8F5NO2/c1-4-5(17-9(12,13)14)3-6(16-2)7(15-4)8(10)11/h3,8H,1-2H3. The first-order valence-corrected chi connectivity index (χ1v) is 4.34. The second-order valence-electron chi connectivity index (χ2n) is 3.01. The minimum atomic E-state index is -4.91. The van der Waals surface area contributed by atoms with E-state index in [1.807, 2.05) is 0 Å². The van der Waals surface area contributed by atoms with Gasteiger partial charge < -0.3 is 9.47 Å². The molecular formula is C9H8F5NO2. The first-order valence-electron chi connectivity index (χ1n) is 4.34. The molecule has 0 fully saturated rings. The van der Waals surface area contributed by atoms with E-state index in [1.54, 1.807) is 0 Å². The lowest BCUT2D eigenvalue weighted by molar-refractivity contribution is -0.275. The zero-order chi connectivity index (χ0) is 13.2. The fourth-order valence-electron chi connectivity index (χ4n) is 1.14. The molecule has 0 aliphatic heterocycles. The average Bonchev–Trinajstić information content (AvgIpc) is 2.18. The molecule has 1 aromatic heterocycles. The van der Waals surface area contributed by atoms with Gasteiger partial charge in [0.05, 0.1) is 12.8 Å². The summed E-state index contributed by atoms with van der Waals surface area (Å²) in [6.07, 6.45) is -7.85. The van der Waals surface area contributed by atoms with E-state index < -0.39 is 30.0 Å². The SMILES string of the molecule is COc1cc(OC(F)(F)F)c(C)nc1C(F)F. The maximum Gasteiger partial charge on any atom is 0.573 e. The summed E-state index contributed by atoms with van der Waals surface area (Å²) in [4.78, 5) is 3.33. The normalized spacial score (nSPS) is 11.8. The van der Waals surface area contributed by atoms with E-state index in [0.717, 1.165) is 20.1 Å². The summed E-state index contributed by atoms with van der Waals surface area (Å²) in [7, 11) is 1.05. The highest BCUT2D eigenvalue weighted by molar-refractivity contribution is 5.40. The Morgan fingerprint density at radius 3 is 2.24 bits per heavy atom. The molecule has 0 N–H and O–H groups in total. The fourth-order valence-corrected chi connectivity index (χ4v) is 1.14.